The van der Waals surface area contributed by atoms with Crippen LogP contribution in [0.25, 0.3) is 0 Å². The summed E-state index contributed by atoms with van der Waals surface area (Å²) in [6.45, 7) is 1.96. The van der Waals surface area contributed by atoms with Gasteiger partial charge in [-0.05, 0) is 67.1 Å². The highest BCUT2D eigenvalue weighted by Crippen LogP contribution is 2.35. The largest absolute Gasteiger partial charge is 0.508 e. The first-order chi connectivity index (χ1) is 17.9. The Morgan fingerprint density at radius 1 is 1.05 bits per heavy atom. The molecule has 0 radical (unpaired) electrons. The molecule has 2 N–H and O–H groups in total. The molecule has 0 saturated carbocycles. The number of ether oxygens (including phenoxy) is 2. The van der Waals surface area contributed by atoms with Gasteiger partial charge in [-0.25, -0.2) is 0 Å². The molecule has 4 rings (SSSR count). The molecule has 3 aromatic carbocycles. The predicted octanol–water partition coefficient (Wildman–Crippen LogP) is 4.59. The third kappa shape index (κ3) is 6.28. The van der Waals surface area contributed by atoms with Gasteiger partial charge in [0.2, 0.25) is 11.8 Å². The summed E-state index contributed by atoms with van der Waals surface area (Å²) in [4.78, 5) is 27.4. The summed E-state index contributed by atoms with van der Waals surface area (Å²) in [5.74, 6) is 0.635. The molecule has 1 aliphatic heterocycles. The number of amidine groups is 1. The molecule has 37 heavy (non-hydrogen) atoms. The first-order valence-corrected chi connectivity index (χ1v) is 12.2. The standard InChI is InChI=1S/C27H26N4O5S/c1-17-4-7-19(8-5-17)29-25(33)15-24-26(34)31(20-9-11-21(32)12-10-20)27(37-24)30-28-16-18-6-13-22(35-2)23(14-18)36-3/h4-14,16,24,32H,15H2,1-3H3,(H,29,33)/b28-16+,30-27+. The van der Waals surface area contributed by atoms with E-state index in [0.717, 1.165) is 22.9 Å². The summed E-state index contributed by atoms with van der Waals surface area (Å²) in [6, 6.07) is 18.9. The number of hydrogen-bond donors (Lipinski definition) is 2. The zero-order chi connectivity index (χ0) is 26.4. The lowest BCUT2D eigenvalue weighted by Crippen LogP contribution is -2.33. The second-order valence-electron chi connectivity index (χ2n) is 8.16. The van der Waals surface area contributed by atoms with Gasteiger partial charge in [0, 0.05) is 12.1 Å². The monoisotopic (exact) mass is 518 g/mol. The Bertz CT molecular complexity index is 1340. The van der Waals surface area contributed by atoms with Gasteiger partial charge in [0.05, 0.1) is 26.1 Å². The van der Waals surface area contributed by atoms with Gasteiger partial charge in [0.15, 0.2) is 16.7 Å². The average molecular weight is 519 g/mol. The molecule has 1 saturated heterocycles. The minimum Gasteiger partial charge on any atom is -0.508 e. The van der Waals surface area contributed by atoms with Crippen LogP contribution in [0.5, 0.6) is 17.2 Å². The number of amides is 2. The lowest BCUT2D eigenvalue weighted by molar-refractivity contribution is -0.121. The number of carbonyl (C=O) groups excluding carboxylic acids is 2. The van der Waals surface area contributed by atoms with Gasteiger partial charge in [0.25, 0.3) is 0 Å². The van der Waals surface area contributed by atoms with Gasteiger partial charge >= 0.3 is 0 Å². The molecule has 1 atom stereocenters. The maximum absolute atomic E-state index is 13.3. The average Bonchev–Trinajstić information content (AvgIpc) is 3.20. The highest BCUT2D eigenvalue weighted by atomic mass is 32.2. The van der Waals surface area contributed by atoms with Crippen LogP contribution in [0, 0.1) is 6.92 Å². The molecule has 190 valence electrons. The summed E-state index contributed by atoms with van der Waals surface area (Å²) in [5, 5.41) is 20.6. The van der Waals surface area contributed by atoms with Gasteiger partial charge in [0.1, 0.15) is 11.0 Å². The number of phenols is 1. The number of methoxy groups -OCH3 is 2. The van der Waals surface area contributed by atoms with Crippen LogP contribution in [0.2, 0.25) is 0 Å². The number of carbonyl (C=O) groups is 2. The van der Waals surface area contributed by atoms with Crippen LogP contribution in [-0.2, 0) is 9.59 Å². The highest BCUT2D eigenvalue weighted by Gasteiger charge is 2.40. The zero-order valence-corrected chi connectivity index (χ0v) is 21.4. The molecule has 0 spiro atoms. The van der Waals surface area contributed by atoms with Crippen LogP contribution in [0.15, 0.2) is 76.9 Å². The molecule has 2 amide bonds. The Balaban J connectivity index is 1.55. The lowest BCUT2D eigenvalue weighted by Gasteiger charge is -2.16. The van der Waals surface area contributed by atoms with Gasteiger partial charge in [-0.1, -0.05) is 29.5 Å². The van der Waals surface area contributed by atoms with Crippen LogP contribution in [0.1, 0.15) is 17.5 Å². The Morgan fingerprint density at radius 2 is 1.76 bits per heavy atom. The van der Waals surface area contributed by atoms with Crippen LogP contribution in [0.4, 0.5) is 11.4 Å². The molecule has 0 aliphatic carbocycles. The molecule has 1 fully saturated rings. The molecule has 3 aromatic rings. The Kier molecular flexibility index (Phi) is 8.09. The van der Waals surface area contributed by atoms with E-state index < -0.39 is 5.25 Å². The van der Waals surface area contributed by atoms with E-state index in [9.17, 15) is 14.7 Å². The molecular weight excluding hydrogens is 492 g/mol. The number of rotatable bonds is 8. The first-order valence-electron chi connectivity index (χ1n) is 11.4. The van der Waals surface area contributed by atoms with Gasteiger partial charge in [-0.15, -0.1) is 5.10 Å². The van der Waals surface area contributed by atoms with Crippen LogP contribution < -0.4 is 19.7 Å². The van der Waals surface area contributed by atoms with Crippen LogP contribution in [-0.4, -0.2) is 47.8 Å². The van der Waals surface area contributed by atoms with Crippen molar-refractivity contribution in [2.45, 2.75) is 18.6 Å². The number of anilines is 2. The fourth-order valence-corrected chi connectivity index (χ4v) is 4.69. The van der Waals surface area contributed by atoms with Gasteiger partial charge in [-0.2, -0.15) is 5.10 Å². The van der Waals surface area contributed by atoms with E-state index in [4.69, 9.17) is 9.47 Å². The summed E-state index contributed by atoms with van der Waals surface area (Å²) in [6.07, 6.45) is 1.50. The summed E-state index contributed by atoms with van der Waals surface area (Å²) < 4.78 is 10.6. The number of phenolic OH excluding ortho intramolecular Hbond substituents is 1. The second-order valence-corrected chi connectivity index (χ2v) is 9.33. The minimum absolute atomic E-state index is 0.0373. The van der Waals surface area contributed by atoms with Crippen molar-refractivity contribution in [1.29, 1.82) is 0 Å². The molecule has 0 bridgehead atoms. The number of aryl methyl sites for hydroxylation is 1. The number of nitrogens with one attached hydrogen (secondary N) is 1. The number of benzene rings is 3. The summed E-state index contributed by atoms with van der Waals surface area (Å²) >= 11 is 1.16. The fraction of sp³-hybridized carbons (Fsp3) is 0.185. The molecule has 1 aliphatic rings. The maximum atomic E-state index is 13.3. The molecular formula is C27H26N4O5S. The van der Waals surface area contributed by atoms with Crippen molar-refractivity contribution in [3.8, 4) is 17.2 Å². The van der Waals surface area contributed by atoms with Crippen molar-refractivity contribution in [2.24, 2.45) is 10.2 Å². The van der Waals surface area contributed by atoms with E-state index in [-0.39, 0.29) is 24.0 Å². The molecule has 1 heterocycles. The number of hydrogen-bond acceptors (Lipinski definition) is 8. The number of nitrogens with zero attached hydrogens (tertiary/aromatic N) is 3. The van der Waals surface area contributed by atoms with E-state index >= 15 is 0 Å². The zero-order valence-electron chi connectivity index (χ0n) is 20.5. The Labute approximate surface area is 218 Å². The van der Waals surface area contributed by atoms with Crippen molar-refractivity contribution in [3.63, 3.8) is 0 Å². The van der Waals surface area contributed by atoms with Gasteiger partial charge < -0.3 is 19.9 Å². The summed E-state index contributed by atoms with van der Waals surface area (Å²) in [7, 11) is 3.10. The maximum Gasteiger partial charge on any atom is 0.247 e. The topological polar surface area (TPSA) is 113 Å². The minimum atomic E-state index is -0.686. The van der Waals surface area contributed by atoms with E-state index in [0.29, 0.717) is 28.0 Å². The molecule has 10 heteroatoms. The van der Waals surface area contributed by atoms with E-state index in [1.807, 2.05) is 31.2 Å². The highest BCUT2D eigenvalue weighted by molar-refractivity contribution is 8.16. The lowest BCUT2D eigenvalue weighted by atomic mass is 10.2. The van der Waals surface area contributed by atoms with Crippen molar-refractivity contribution in [1.82, 2.24) is 0 Å². The van der Waals surface area contributed by atoms with Crippen molar-refractivity contribution < 1.29 is 24.2 Å². The molecule has 0 aromatic heterocycles. The van der Waals surface area contributed by atoms with Crippen molar-refractivity contribution in [3.05, 3.63) is 77.9 Å². The second kappa shape index (κ2) is 11.6. The normalized spacial score (nSPS) is 16.4. The smallest absolute Gasteiger partial charge is 0.247 e. The Morgan fingerprint density at radius 3 is 2.43 bits per heavy atom. The predicted molar refractivity (Wildman–Crippen MR) is 146 cm³/mol. The number of aromatic hydroxyl groups is 1. The third-order valence-electron chi connectivity index (χ3n) is 5.51. The first kappa shape index (κ1) is 25.8. The molecule has 1 unspecified atom stereocenters. The third-order valence-corrected chi connectivity index (χ3v) is 6.63. The SMILES string of the molecule is COc1ccc(/C=N/N=C2/SC(CC(=O)Nc3ccc(C)cc3)C(=O)N2c2ccc(O)cc2)cc1OC. The van der Waals surface area contributed by atoms with E-state index in [2.05, 4.69) is 15.5 Å². The summed E-state index contributed by atoms with van der Waals surface area (Å²) in [5.41, 5.74) is 2.98. The van der Waals surface area contributed by atoms with Crippen LogP contribution in [0.3, 0.4) is 0 Å². The quantitative estimate of drug-likeness (QED) is 0.333. The van der Waals surface area contributed by atoms with E-state index in [1.165, 1.54) is 23.2 Å². The fourth-order valence-electron chi connectivity index (χ4n) is 3.60. The molecule has 9 nitrogen and oxygen atoms in total. The van der Waals surface area contributed by atoms with E-state index in [1.54, 1.807) is 44.6 Å². The van der Waals surface area contributed by atoms with Crippen molar-refractivity contribution >= 4 is 46.3 Å². The Hall–Kier alpha value is -4.31. The van der Waals surface area contributed by atoms with Crippen molar-refractivity contribution in [2.75, 3.05) is 24.4 Å². The van der Waals surface area contributed by atoms with Crippen LogP contribution >= 0.6 is 11.8 Å². The van der Waals surface area contributed by atoms with Gasteiger partial charge in [-0.3, -0.25) is 14.5 Å². The number of thioether (sulfide) groups is 1.